The van der Waals surface area contributed by atoms with Crippen LogP contribution in [0.5, 0.6) is 5.75 Å². The van der Waals surface area contributed by atoms with Gasteiger partial charge in [0.05, 0.1) is 14.2 Å². The molecule has 1 unspecified atom stereocenters. The fourth-order valence-electron chi connectivity index (χ4n) is 2.72. The normalized spacial score (nSPS) is 24.5. The average molecular weight is 313 g/mol. The summed E-state index contributed by atoms with van der Waals surface area (Å²) in [5.41, 5.74) is 0.210. The van der Waals surface area contributed by atoms with Crippen molar-refractivity contribution < 1.29 is 14.3 Å². The van der Waals surface area contributed by atoms with Crippen LogP contribution in [0.1, 0.15) is 25.8 Å². The Morgan fingerprint density at radius 1 is 1.33 bits per heavy atom. The fraction of sp³-hybridized carbons (Fsp3) is 0.500. The lowest BCUT2D eigenvalue weighted by Crippen LogP contribution is -2.27. The van der Waals surface area contributed by atoms with Crippen molar-refractivity contribution in [3.63, 3.8) is 0 Å². The second-order valence-corrected chi connectivity index (χ2v) is 6.22. The highest BCUT2D eigenvalue weighted by Crippen LogP contribution is 2.66. The quantitative estimate of drug-likeness (QED) is 0.803. The molecule has 1 atom stereocenters. The van der Waals surface area contributed by atoms with Crippen LogP contribution in [0.2, 0.25) is 0 Å². The van der Waals surface area contributed by atoms with Gasteiger partial charge in [0.1, 0.15) is 11.2 Å². The summed E-state index contributed by atoms with van der Waals surface area (Å²) in [6.45, 7) is 4.15. The van der Waals surface area contributed by atoms with Crippen LogP contribution in [-0.4, -0.2) is 20.2 Å². The van der Waals surface area contributed by atoms with E-state index in [1.54, 1.807) is 7.11 Å². The molecule has 0 radical (unpaired) electrons. The Morgan fingerprint density at radius 2 is 1.94 bits per heavy atom. The summed E-state index contributed by atoms with van der Waals surface area (Å²) in [4.78, 5) is 12.2. The third-order valence-corrected chi connectivity index (χ3v) is 4.39. The number of hydrogen-bond donors (Lipinski definition) is 0. The number of methoxy groups -OCH3 is 2. The van der Waals surface area contributed by atoms with Crippen molar-refractivity contribution in [1.82, 2.24) is 0 Å². The smallest absolute Gasteiger partial charge is 0.316 e. The van der Waals surface area contributed by atoms with E-state index in [-0.39, 0.29) is 11.4 Å². The first kappa shape index (κ1) is 13.4. The van der Waals surface area contributed by atoms with Crippen LogP contribution in [0.4, 0.5) is 0 Å². The summed E-state index contributed by atoms with van der Waals surface area (Å²) in [6, 6.07) is 5.73. The van der Waals surface area contributed by atoms with Crippen molar-refractivity contribution in [2.24, 2.45) is 5.41 Å². The SMILES string of the molecule is COC(=O)C1(c2cc(Br)ccc2OC)CC1(C)C. The molecule has 18 heavy (non-hydrogen) atoms. The van der Waals surface area contributed by atoms with E-state index in [9.17, 15) is 4.79 Å². The molecule has 0 aliphatic heterocycles. The maximum absolute atomic E-state index is 12.2. The van der Waals surface area contributed by atoms with Gasteiger partial charge in [-0.15, -0.1) is 0 Å². The van der Waals surface area contributed by atoms with E-state index >= 15 is 0 Å². The van der Waals surface area contributed by atoms with E-state index in [0.29, 0.717) is 0 Å². The maximum Gasteiger partial charge on any atom is 0.316 e. The van der Waals surface area contributed by atoms with Crippen LogP contribution < -0.4 is 4.74 Å². The summed E-state index contributed by atoms with van der Waals surface area (Å²) >= 11 is 3.45. The second-order valence-electron chi connectivity index (χ2n) is 5.30. The molecule has 0 amide bonds. The van der Waals surface area contributed by atoms with E-state index in [1.165, 1.54) is 7.11 Å². The summed E-state index contributed by atoms with van der Waals surface area (Å²) < 4.78 is 11.3. The number of benzene rings is 1. The Labute approximate surface area is 116 Å². The standard InChI is InChI=1S/C14H17BrO3/c1-13(2)8-14(13,12(16)18-4)10-7-9(15)5-6-11(10)17-3/h5-7H,8H2,1-4H3. The largest absolute Gasteiger partial charge is 0.496 e. The minimum atomic E-state index is -0.586. The summed E-state index contributed by atoms with van der Waals surface area (Å²) in [5, 5.41) is 0. The van der Waals surface area contributed by atoms with E-state index in [0.717, 1.165) is 22.2 Å². The molecule has 1 aliphatic carbocycles. The third-order valence-electron chi connectivity index (χ3n) is 3.89. The molecule has 3 nitrogen and oxygen atoms in total. The first-order valence-corrected chi connectivity index (χ1v) is 6.61. The van der Waals surface area contributed by atoms with Crippen LogP contribution in [0.15, 0.2) is 22.7 Å². The van der Waals surface area contributed by atoms with Gasteiger partial charge in [-0.1, -0.05) is 29.8 Å². The van der Waals surface area contributed by atoms with Crippen molar-refractivity contribution in [2.75, 3.05) is 14.2 Å². The van der Waals surface area contributed by atoms with E-state index in [2.05, 4.69) is 29.8 Å². The van der Waals surface area contributed by atoms with E-state index in [4.69, 9.17) is 9.47 Å². The van der Waals surface area contributed by atoms with Gasteiger partial charge in [-0.3, -0.25) is 4.79 Å². The van der Waals surface area contributed by atoms with Crippen molar-refractivity contribution in [2.45, 2.75) is 25.7 Å². The maximum atomic E-state index is 12.2. The molecule has 0 N–H and O–H groups in total. The van der Waals surface area contributed by atoms with Crippen molar-refractivity contribution in [1.29, 1.82) is 0 Å². The Morgan fingerprint density at radius 3 is 2.39 bits per heavy atom. The number of ether oxygens (including phenoxy) is 2. The van der Waals surface area contributed by atoms with Gasteiger partial charge >= 0.3 is 5.97 Å². The van der Waals surface area contributed by atoms with Crippen LogP contribution >= 0.6 is 15.9 Å². The number of carbonyl (C=O) groups is 1. The Kier molecular flexibility index (Phi) is 3.18. The molecule has 1 aliphatic rings. The predicted octanol–water partition coefficient (Wildman–Crippen LogP) is 3.30. The molecular weight excluding hydrogens is 296 g/mol. The summed E-state index contributed by atoms with van der Waals surface area (Å²) in [7, 11) is 3.05. The first-order valence-electron chi connectivity index (χ1n) is 5.81. The molecule has 0 heterocycles. The van der Waals surface area contributed by atoms with Gasteiger partial charge < -0.3 is 9.47 Å². The highest BCUT2D eigenvalue weighted by atomic mass is 79.9. The third kappa shape index (κ3) is 1.74. The van der Waals surface area contributed by atoms with Crippen LogP contribution in [0.3, 0.4) is 0 Å². The Bertz CT molecular complexity index is 496. The topological polar surface area (TPSA) is 35.5 Å². The number of hydrogen-bond acceptors (Lipinski definition) is 3. The minimum absolute atomic E-state index is 0.103. The van der Waals surface area contributed by atoms with Crippen LogP contribution in [0.25, 0.3) is 0 Å². The minimum Gasteiger partial charge on any atom is -0.496 e. The molecule has 0 aromatic heterocycles. The number of halogens is 1. The number of rotatable bonds is 3. The molecule has 1 aromatic rings. The summed E-state index contributed by atoms with van der Waals surface area (Å²) in [5.74, 6) is 0.540. The lowest BCUT2D eigenvalue weighted by Gasteiger charge is -2.21. The zero-order valence-electron chi connectivity index (χ0n) is 11.0. The average Bonchev–Trinajstić information content (AvgIpc) is 2.92. The van der Waals surface area contributed by atoms with E-state index in [1.807, 2.05) is 18.2 Å². The molecule has 1 fully saturated rings. The van der Waals surface area contributed by atoms with Crippen molar-refractivity contribution >= 4 is 21.9 Å². The Hall–Kier alpha value is -1.03. The molecule has 0 bridgehead atoms. The molecule has 4 heteroatoms. The molecule has 98 valence electrons. The molecule has 1 aromatic carbocycles. The Balaban J connectivity index is 2.59. The lowest BCUT2D eigenvalue weighted by atomic mass is 9.87. The number of esters is 1. The monoisotopic (exact) mass is 312 g/mol. The molecular formula is C14H17BrO3. The predicted molar refractivity (Wildman–Crippen MR) is 72.8 cm³/mol. The molecule has 1 saturated carbocycles. The molecule has 0 spiro atoms. The molecule has 0 saturated heterocycles. The highest BCUT2D eigenvalue weighted by Gasteiger charge is 2.69. The van der Waals surface area contributed by atoms with Gasteiger partial charge in [0.2, 0.25) is 0 Å². The number of carbonyl (C=O) groups excluding carboxylic acids is 1. The summed E-state index contributed by atoms with van der Waals surface area (Å²) in [6.07, 6.45) is 0.777. The van der Waals surface area contributed by atoms with Gasteiger partial charge in [0.25, 0.3) is 0 Å². The lowest BCUT2D eigenvalue weighted by molar-refractivity contribution is -0.144. The zero-order chi connectivity index (χ0) is 13.6. The van der Waals surface area contributed by atoms with Gasteiger partial charge in [0.15, 0.2) is 0 Å². The van der Waals surface area contributed by atoms with Gasteiger partial charge in [-0.2, -0.15) is 0 Å². The van der Waals surface area contributed by atoms with Crippen molar-refractivity contribution in [3.05, 3.63) is 28.2 Å². The van der Waals surface area contributed by atoms with Crippen LogP contribution in [-0.2, 0) is 14.9 Å². The van der Waals surface area contributed by atoms with Gasteiger partial charge in [0, 0.05) is 10.0 Å². The van der Waals surface area contributed by atoms with Gasteiger partial charge in [-0.05, 0) is 30.0 Å². The van der Waals surface area contributed by atoms with Crippen molar-refractivity contribution in [3.8, 4) is 5.75 Å². The first-order chi connectivity index (χ1) is 8.39. The van der Waals surface area contributed by atoms with Gasteiger partial charge in [-0.25, -0.2) is 0 Å². The van der Waals surface area contributed by atoms with Crippen LogP contribution in [0, 0.1) is 5.41 Å². The highest BCUT2D eigenvalue weighted by molar-refractivity contribution is 9.10. The second kappa shape index (κ2) is 4.26. The zero-order valence-corrected chi connectivity index (χ0v) is 12.6. The molecule has 2 rings (SSSR count). The fourth-order valence-corrected chi connectivity index (χ4v) is 3.09. The van der Waals surface area contributed by atoms with E-state index < -0.39 is 5.41 Å².